The number of aromatic nitrogens is 3. The third kappa shape index (κ3) is 7.22. The normalized spacial score (nSPS) is 20.3. The van der Waals surface area contributed by atoms with E-state index in [-0.39, 0.29) is 23.4 Å². The SMILES string of the molecule is CCOc1ccc(Cl)cc1-c1nnc([C@H]2CCC[C@@H](C(=O)N/C(C(=O)Nc3ccccn3)=C3\CCOCCN3)C2)o1. The fourth-order valence-corrected chi connectivity index (χ4v) is 5.25. The van der Waals surface area contributed by atoms with E-state index in [1.54, 1.807) is 42.6 Å². The van der Waals surface area contributed by atoms with Crippen LogP contribution in [-0.4, -0.2) is 53.4 Å². The number of hydrogen-bond acceptors (Lipinski definition) is 9. The summed E-state index contributed by atoms with van der Waals surface area (Å²) in [6, 6.07) is 10.5. The average molecular weight is 581 g/mol. The van der Waals surface area contributed by atoms with Gasteiger partial charge in [-0.1, -0.05) is 24.1 Å². The molecule has 216 valence electrons. The van der Waals surface area contributed by atoms with Crippen molar-refractivity contribution in [3.63, 3.8) is 0 Å². The summed E-state index contributed by atoms with van der Waals surface area (Å²) in [6.07, 6.45) is 4.88. The molecule has 3 N–H and O–H groups in total. The number of halogens is 1. The second-order valence-corrected chi connectivity index (χ2v) is 10.3. The van der Waals surface area contributed by atoms with Crippen molar-refractivity contribution in [2.24, 2.45) is 5.92 Å². The number of anilines is 1. The average Bonchev–Trinajstić information content (AvgIpc) is 3.33. The van der Waals surface area contributed by atoms with Crippen LogP contribution >= 0.6 is 11.6 Å². The molecule has 2 amide bonds. The number of nitrogens with one attached hydrogen (secondary N) is 3. The van der Waals surface area contributed by atoms with Gasteiger partial charge in [-0.3, -0.25) is 9.59 Å². The standard InChI is InChI=1S/C29H33ClN6O5/c1-2-40-23-10-9-20(30)17-21(23)29-36-35-28(41-29)19-7-5-6-18(16-19)26(37)34-25(22-11-14-39-15-13-31-22)27(38)33-24-8-3-4-12-32-24/h3-4,8-10,12,17-19,31H,2,5-7,11,13-16H2,1H3,(H,34,37)(H,32,33,38)/b25-22+/t18-,19+/m1/s1. The zero-order chi connectivity index (χ0) is 28.6. The first-order valence-electron chi connectivity index (χ1n) is 13.9. The second-order valence-electron chi connectivity index (χ2n) is 9.88. The fourth-order valence-electron chi connectivity index (χ4n) is 5.07. The minimum absolute atomic E-state index is 0.0988. The van der Waals surface area contributed by atoms with Gasteiger partial charge in [-0.25, -0.2) is 4.98 Å². The molecule has 1 aliphatic heterocycles. The maximum atomic E-state index is 13.6. The maximum absolute atomic E-state index is 13.6. The van der Waals surface area contributed by atoms with Crippen LogP contribution in [0.15, 0.2) is 58.4 Å². The Hall–Kier alpha value is -3.96. The summed E-state index contributed by atoms with van der Waals surface area (Å²) in [5, 5.41) is 18.0. The topological polar surface area (TPSA) is 140 Å². The fraction of sp³-hybridized carbons (Fsp3) is 0.414. The van der Waals surface area contributed by atoms with Crippen molar-refractivity contribution in [2.75, 3.05) is 31.7 Å². The first-order valence-corrected chi connectivity index (χ1v) is 14.2. The van der Waals surface area contributed by atoms with Gasteiger partial charge in [-0.15, -0.1) is 10.2 Å². The predicted molar refractivity (Wildman–Crippen MR) is 152 cm³/mol. The first kappa shape index (κ1) is 28.6. The van der Waals surface area contributed by atoms with Crippen LogP contribution in [0.5, 0.6) is 5.75 Å². The van der Waals surface area contributed by atoms with Crippen LogP contribution in [0, 0.1) is 5.92 Å². The molecule has 2 aromatic heterocycles. The van der Waals surface area contributed by atoms with E-state index in [4.69, 9.17) is 25.5 Å². The maximum Gasteiger partial charge on any atom is 0.275 e. The van der Waals surface area contributed by atoms with Crippen LogP contribution in [0.1, 0.15) is 50.8 Å². The molecule has 11 nitrogen and oxygen atoms in total. The van der Waals surface area contributed by atoms with E-state index < -0.39 is 5.91 Å². The lowest BCUT2D eigenvalue weighted by Crippen LogP contribution is -2.39. The van der Waals surface area contributed by atoms with E-state index in [2.05, 4.69) is 31.1 Å². The number of benzene rings is 1. The molecule has 3 aromatic rings. The van der Waals surface area contributed by atoms with Gasteiger partial charge in [-0.2, -0.15) is 0 Å². The summed E-state index contributed by atoms with van der Waals surface area (Å²) in [6.45, 7) is 3.88. The Morgan fingerprint density at radius 1 is 1.17 bits per heavy atom. The summed E-state index contributed by atoms with van der Waals surface area (Å²) in [5.74, 6) is 0.677. The second kappa shape index (κ2) is 13.6. The lowest BCUT2D eigenvalue weighted by Gasteiger charge is -2.27. The van der Waals surface area contributed by atoms with Crippen LogP contribution in [0.3, 0.4) is 0 Å². The highest BCUT2D eigenvalue weighted by Crippen LogP contribution is 2.38. The van der Waals surface area contributed by atoms with Crippen LogP contribution in [0.25, 0.3) is 11.5 Å². The third-order valence-corrected chi connectivity index (χ3v) is 7.31. The molecule has 2 aliphatic rings. The number of pyridine rings is 1. The lowest BCUT2D eigenvalue weighted by atomic mass is 9.81. The Morgan fingerprint density at radius 2 is 2.07 bits per heavy atom. The minimum atomic E-state index is -0.443. The summed E-state index contributed by atoms with van der Waals surface area (Å²) in [7, 11) is 0. The Morgan fingerprint density at radius 3 is 2.90 bits per heavy atom. The van der Waals surface area contributed by atoms with Gasteiger partial charge < -0.3 is 29.8 Å². The van der Waals surface area contributed by atoms with Crippen molar-refractivity contribution in [3.8, 4) is 17.2 Å². The Balaban J connectivity index is 1.31. The predicted octanol–water partition coefficient (Wildman–Crippen LogP) is 4.43. The van der Waals surface area contributed by atoms with E-state index in [0.29, 0.717) is 85.3 Å². The van der Waals surface area contributed by atoms with E-state index in [0.717, 1.165) is 12.8 Å². The van der Waals surface area contributed by atoms with Crippen LogP contribution in [0.2, 0.25) is 5.02 Å². The monoisotopic (exact) mass is 580 g/mol. The molecule has 2 fully saturated rings. The molecule has 0 radical (unpaired) electrons. The zero-order valence-corrected chi connectivity index (χ0v) is 23.6. The van der Waals surface area contributed by atoms with E-state index in [1.807, 2.05) is 6.92 Å². The van der Waals surface area contributed by atoms with Crippen LogP contribution < -0.4 is 20.7 Å². The molecule has 3 heterocycles. The summed E-state index contributed by atoms with van der Waals surface area (Å²) in [4.78, 5) is 31.0. The number of nitrogens with zero attached hydrogens (tertiary/aromatic N) is 3. The third-order valence-electron chi connectivity index (χ3n) is 7.07. The van der Waals surface area contributed by atoms with Crippen molar-refractivity contribution in [1.29, 1.82) is 0 Å². The minimum Gasteiger partial charge on any atom is -0.493 e. The summed E-state index contributed by atoms with van der Waals surface area (Å²) in [5.41, 5.74) is 1.43. The van der Waals surface area contributed by atoms with Gasteiger partial charge in [0, 0.05) is 41.7 Å². The van der Waals surface area contributed by atoms with Crippen molar-refractivity contribution >= 4 is 29.2 Å². The zero-order valence-electron chi connectivity index (χ0n) is 22.8. The quantitative estimate of drug-likeness (QED) is 0.330. The number of rotatable bonds is 8. The number of carbonyl (C=O) groups excluding carboxylic acids is 2. The van der Waals surface area contributed by atoms with E-state index in [1.165, 1.54) is 0 Å². The van der Waals surface area contributed by atoms with Crippen molar-refractivity contribution < 1.29 is 23.5 Å². The molecule has 2 atom stereocenters. The van der Waals surface area contributed by atoms with Gasteiger partial charge in [0.05, 0.1) is 25.4 Å². The Bertz CT molecular complexity index is 1390. The van der Waals surface area contributed by atoms with Crippen molar-refractivity contribution in [2.45, 2.75) is 44.9 Å². The molecular formula is C29H33ClN6O5. The molecule has 0 bridgehead atoms. The van der Waals surface area contributed by atoms with Crippen molar-refractivity contribution in [1.82, 2.24) is 25.8 Å². The Kier molecular flexibility index (Phi) is 9.48. The van der Waals surface area contributed by atoms with Gasteiger partial charge >= 0.3 is 0 Å². The molecule has 1 aliphatic carbocycles. The number of hydrogen-bond donors (Lipinski definition) is 3. The number of amides is 2. The Labute approximate surface area is 243 Å². The molecule has 0 unspecified atom stereocenters. The number of carbonyl (C=O) groups is 2. The van der Waals surface area contributed by atoms with E-state index >= 15 is 0 Å². The molecular weight excluding hydrogens is 548 g/mol. The van der Waals surface area contributed by atoms with Crippen molar-refractivity contribution in [3.05, 3.63) is 64.9 Å². The number of ether oxygens (including phenoxy) is 2. The van der Waals surface area contributed by atoms with Gasteiger partial charge in [0.1, 0.15) is 17.3 Å². The van der Waals surface area contributed by atoms with Crippen LogP contribution in [0.4, 0.5) is 5.82 Å². The smallest absolute Gasteiger partial charge is 0.275 e. The summed E-state index contributed by atoms with van der Waals surface area (Å²) < 4.78 is 17.3. The van der Waals surface area contributed by atoms with E-state index in [9.17, 15) is 9.59 Å². The molecule has 41 heavy (non-hydrogen) atoms. The van der Waals surface area contributed by atoms with Gasteiger partial charge in [-0.05, 0) is 56.5 Å². The van der Waals surface area contributed by atoms with Gasteiger partial charge in [0.25, 0.3) is 11.8 Å². The molecule has 12 heteroatoms. The lowest BCUT2D eigenvalue weighted by molar-refractivity contribution is -0.126. The van der Waals surface area contributed by atoms with Crippen LogP contribution in [-0.2, 0) is 14.3 Å². The highest BCUT2D eigenvalue weighted by molar-refractivity contribution is 6.30. The van der Waals surface area contributed by atoms with Gasteiger partial charge in [0.2, 0.25) is 11.8 Å². The molecule has 1 saturated carbocycles. The molecule has 1 saturated heterocycles. The highest BCUT2D eigenvalue weighted by atomic mass is 35.5. The largest absolute Gasteiger partial charge is 0.493 e. The first-order chi connectivity index (χ1) is 20.0. The van der Waals surface area contributed by atoms with Gasteiger partial charge in [0.15, 0.2) is 0 Å². The molecule has 0 spiro atoms. The molecule has 1 aromatic carbocycles. The highest BCUT2D eigenvalue weighted by Gasteiger charge is 2.33. The molecule has 5 rings (SSSR count). The summed E-state index contributed by atoms with van der Waals surface area (Å²) >= 11 is 6.21.